The molecule has 0 aromatic heterocycles. The van der Waals surface area contributed by atoms with Gasteiger partial charge in [0.25, 0.3) is 0 Å². The predicted octanol–water partition coefficient (Wildman–Crippen LogP) is 1.40. The minimum atomic E-state index is 0.441. The van der Waals surface area contributed by atoms with Crippen LogP contribution < -0.4 is 5.32 Å². The molecule has 1 aliphatic carbocycles. The third kappa shape index (κ3) is 2.76. The Morgan fingerprint density at radius 1 is 1.19 bits per heavy atom. The fraction of sp³-hybridized carbons (Fsp3) is 1.00. The lowest BCUT2D eigenvalue weighted by atomic mass is 9.75. The van der Waals surface area contributed by atoms with Gasteiger partial charge in [-0.3, -0.25) is 0 Å². The van der Waals surface area contributed by atoms with Crippen LogP contribution in [0.25, 0.3) is 0 Å². The molecule has 1 saturated carbocycles. The molecule has 0 aliphatic heterocycles. The summed E-state index contributed by atoms with van der Waals surface area (Å²) in [5, 5.41) is 3.34. The van der Waals surface area contributed by atoms with Crippen LogP contribution in [0.3, 0.4) is 0 Å². The van der Waals surface area contributed by atoms with E-state index in [1.165, 1.54) is 25.8 Å². The summed E-state index contributed by atoms with van der Waals surface area (Å²) in [7, 11) is 8.74. The van der Waals surface area contributed by atoms with Crippen molar-refractivity contribution in [3.8, 4) is 0 Å². The first-order chi connectivity index (χ1) is 7.43. The van der Waals surface area contributed by atoms with Gasteiger partial charge in [0.15, 0.2) is 0 Å². The van der Waals surface area contributed by atoms with Crippen molar-refractivity contribution in [2.75, 3.05) is 34.7 Å². The summed E-state index contributed by atoms with van der Waals surface area (Å²) in [6, 6.07) is 1.13. The number of nitrogens with one attached hydrogen (secondary N) is 1. The maximum atomic E-state index is 3.34. The van der Waals surface area contributed by atoms with Crippen molar-refractivity contribution in [3.63, 3.8) is 0 Å². The van der Waals surface area contributed by atoms with Crippen LogP contribution in [0.15, 0.2) is 0 Å². The lowest BCUT2D eigenvalue weighted by Gasteiger charge is -2.50. The molecule has 0 saturated heterocycles. The standard InChI is InChI=1S/C13H29N3/c1-11(14-3)12(2)16(6)10-13(15(4)5)8-7-9-13/h11-12,14H,7-10H2,1-6H3. The van der Waals surface area contributed by atoms with E-state index in [9.17, 15) is 0 Å². The van der Waals surface area contributed by atoms with Crippen LogP contribution >= 0.6 is 0 Å². The van der Waals surface area contributed by atoms with Gasteiger partial charge in [-0.15, -0.1) is 0 Å². The van der Waals surface area contributed by atoms with Crippen molar-refractivity contribution >= 4 is 0 Å². The number of likely N-dealkylation sites (N-methyl/N-ethyl adjacent to an activating group) is 3. The van der Waals surface area contributed by atoms with E-state index in [1.807, 2.05) is 7.05 Å². The van der Waals surface area contributed by atoms with Crippen LogP contribution in [0.5, 0.6) is 0 Å². The minimum Gasteiger partial charge on any atom is -0.316 e. The molecule has 1 N–H and O–H groups in total. The molecular formula is C13H29N3. The van der Waals surface area contributed by atoms with Gasteiger partial charge in [0.1, 0.15) is 0 Å². The maximum absolute atomic E-state index is 3.34. The SMILES string of the molecule is CNC(C)C(C)N(C)CC1(N(C)C)CCC1. The molecule has 1 fully saturated rings. The normalized spacial score (nSPS) is 23.2. The highest BCUT2D eigenvalue weighted by molar-refractivity contribution is 4.98. The highest BCUT2D eigenvalue weighted by Gasteiger charge is 2.40. The Balaban J connectivity index is 2.52. The molecule has 0 heterocycles. The molecule has 0 aromatic carbocycles. The number of nitrogens with zero attached hydrogens (tertiary/aromatic N) is 2. The third-order valence-corrected chi connectivity index (χ3v) is 4.65. The summed E-state index contributed by atoms with van der Waals surface area (Å²) in [6.45, 7) is 5.75. The zero-order valence-corrected chi connectivity index (χ0v) is 11.9. The van der Waals surface area contributed by atoms with E-state index in [0.717, 1.165) is 0 Å². The molecule has 1 aliphatic rings. The fourth-order valence-corrected chi connectivity index (χ4v) is 2.56. The highest BCUT2D eigenvalue weighted by Crippen LogP contribution is 2.36. The Kier molecular flexibility index (Phi) is 4.77. The van der Waals surface area contributed by atoms with Crippen LogP contribution in [0.2, 0.25) is 0 Å². The van der Waals surface area contributed by atoms with Crippen LogP contribution in [-0.4, -0.2) is 62.2 Å². The topological polar surface area (TPSA) is 18.5 Å². The summed E-state index contributed by atoms with van der Waals surface area (Å²) < 4.78 is 0. The van der Waals surface area contributed by atoms with Crippen molar-refractivity contribution in [3.05, 3.63) is 0 Å². The van der Waals surface area contributed by atoms with Gasteiger partial charge < -0.3 is 15.1 Å². The second-order valence-corrected chi connectivity index (χ2v) is 5.71. The Bertz CT molecular complexity index is 211. The summed E-state index contributed by atoms with van der Waals surface area (Å²) >= 11 is 0. The zero-order valence-electron chi connectivity index (χ0n) is 11.9. The highest BCUT2D eigenvalue weighted by atomic mass is 15.2. The van der Waals surface area contributed by atoms with Gasteiger partial charge in [0.2, 0.25) is 0 Å². The molecule has 0 radical (unpaired) electrons. The molecule has 0 bridgehead atoms. The quantitative estimate of drug-likeness (QED) is 0.740. The monoisotopic (exact) mass is 227 g/mol. The van der Waals surface area contributed by atoms with Crippen LogP contribution in [0, 0.1) is 0 Å². The number of rotatable bonds is 6. The van der Waals surface area contributed by atoms with Gasteiger partial charge in [-0.1, -0.05) is 0 Å². The summed E-state index contributed by atoms with van der Waals surface area (Å²) in [5.74, 6) is 0. The minimum absolute atomic E-state index is 0.441. The molecular weight excluding hydrogens is 198 g/mol. The van der Waals surface area contributed by atoms with Crippen molar-refractivity contribution in [1.82, 2.24) is 15.1 Å². The van der Waals surface area contributed by atoms with E-state index in [2.05, 4.69) is 50.1 Å². The Morgan fingerprint density at radius 3 is 2.06 bits per heavy atom. The molecule has 0 spiro atoms. The number of hydrogen-bond donors (Lipinski definition) is 1. The molecule has 0 aromatic rings. The lowest BCUT2D eigenvalue weighted by molar-refractivity contribution is 0.0146. The van der Waals surface area contributed by atoms with Crippen molar-refractivity contribution in [1.29, 1.82) is 0 Å². The average molecular weight is 227 g/mol. The van der Waals surface area contributed by atoms with Crippen LogP contribution in [0.1, 0.15) is 33.1 Å². The molecule has 2 atom stereocenters. The van der Waals surface area contributed by atoms with Gasteiger partial charge in [-0.05, 0) is 61.3 Å². The Labute approximate surface area is 101 Å². The Morgan fingerprint density at radius 2 is 1.75 bits per heavy atom. The predicted molar refractivity (Wildman–Crippen MR) is 70.9 cm³/mol. The van der Waals surface area contributed by atoms with Crippen molar-refractivity contribution in [2.24, 2.45) is 0 Å². The molecule has 0 amide bonds. The molecule has 3 nitrogen and oxygen atoms in total. The van der Waals surface area contributed by atoms with Gasteiger partial charge in [-0.2, -0.15) is 0 Å². The van der Waals surface area contributed by atoms with Crippen LogP contribution in [-0.2, 0) is 0 Å². The fourth-order valence-electron chi connectivity index (χ4n) is 2.56. The molecule has 3 heteroatoms. The summed E-state index contributed by atoms with van der Waals surface area (Å²) in [5.41, 5.74) is 0.441. The second kappa shape index (κ2) is 5.48. The Hall–Kier alpha value is -0.120. The van der Waals surface area contributed by atoms with E-state index < -0.39 is 0 Å². The molecule has 1 rings (SSSR count). The van der Waals surface area contributed by atoms with Gasteiger partial charge in [0.05, 0.1) is 0 Å². The van der Waals surface area contributed by atoms with Gasteiger partial charge in [0, 0.05) is 24.2 Å². The lowest BCUT2D eigenvalue weighted by Crippen LogP contribution is -2.59. The van der Waals surface area contributed by atoms with Gasteiger partial charge in [-0.25, -0.2) is 0 Å². The van der Waals surface area contributed by atoms with Crippen molar-refractivity contribution < 1.29 is 0 Å². The van der Waals surface area contributed by atoms with E-state index in [4.69, 9.17) is 0 Å². The smallest absolute Gasteiger partial charge is 0.0330 e. The van der Waals surface area contributed by atoms with Crippen LogP contribution in [0.4, 0.5) is 0 Å². The zero-order chi connectivity index (χ0) is 12.3. The third-order valence-electron chi connectivity index (χ3n) is 4.65. The molecule has 96 valence electrons. The van der Waals surface area contributed by atoms with E-state index in [-0.39, 0.29) is 0 Å². The van der Waals surface area contributed by atoms with Crippen molar-refractivity contribution in [2.45, 2.75) is 50.7 Å². The van der Waals surface area contributed by atoms with E-state index >= 15 is 0 Å². The average Bonchev–Trinajstić information content (AvgIpc) is 2.20. The first-order valence-electron chi connectivity index (χ1n) is 6.48. The first-order valence-corrected chi connectivity index (χ1v) is 6.48. The largest absolute Gasteiger partial charge is 0.316 e. The summed E-state index contributed by atoms with van der Waals surface area (Å²) in [6.07, 6.45) is 4.10. The second-order valence-electron chi connectivity index (χ2n) is 5.71. The molecule has 2 unspecified atom stereocenters. The number of hydrogen-bond acceptors (Lipinski definition) is 3. The first kappa shape index (κ1) is 13.9. The van der Waals surface area contributed by atoms with Gasteiger partial charge >= 0.3 is 0 Å². The maximum Gasteiger partial charge on any atom is 0.0330 e. The van der Waals surface area contributed by atoms with E-state index in [0.29, 0.717) is 17.6 Å². The summed E-state index contributed by atoms with van der Waals surface area (Å²) in [4.78, 5) is 4.92. The van der Waals surface area contributed by atoms with E-state index in [1.54, 1.807) is 0 Å². The molecule has 16 heavy (non-hydrogen) atoms.